The molecule has 2 aromatic carbocycles. The quantitative estimate of drug-likeness (QED) is 0.330. The average molecular weight is 600 g/mol. The Bertz CT molecular complexity index is 1830. The molecule has 5 rings (SSSR count). The summed E-state index contributed by atoms with van der Waals surface area (Å²) < 4.78 is 48.0. The average Bonchev–Trinajstić information content (AvgIpc) is 3.69. The van der Waals surface area contributed by atoms with Crippen molar-refractivity contribution in [3.63, 3.8) is 0 Å². The lowest BCUT2D eigenvalue weighted by Gasteiger charge is -2.23. The summed E-state index contributed by atoms with van der Waals surface area (Å²) in [6.45, 7) is 0.379. The van der Waals surface area contributed by atoms with E-state index in [2.05, 4.69) is 10.3 Å². The number of hydrogen-bond acceptors (Lipinski definition) is 8. The van der Waals surface area contributed by atoms with Gasteiger partial charge in [0.25, 0.3) is 5.91 Å². The van der Waals surface area contributed by atoms with E-state index in [9.17, 15) is 26.4 Å². The van der Waals surface area contributed by atoms with Gasteiger partial charge in [-0.05, 0) is 48.2 Å². The first kappa shape index (κ1) is 27.7. The Kier molecular flexibility index (Phi) is 7.35. The maximum Gasteiger partial charge on any atom is 0.256 e. The highest BCUT2D eigenvalue weighted by Crippen LogP contribution is 2.30. The number of rotatable bonds is 7. The molecule has 0 radical (unpaired) electrons. The smallest absolute Gasteiger partial charge is 0.256 e. The molecule has 1 aliphatic rings. The molecule has 1 atom stereocenters. The number of nitrogens with two attached hydrogens (primary N) is 1. The lowest BCUT2D eigenvalue weighted by Crippen LogP contribution is -2.43. The molecule has 11 nitrogen and oxygen atoms in total. The number of primary sulfonamides is 1. The van der Waals surface area contributed by atoms with E-state index in [-0.39, 0.29) is 16.4 Å². The number of carbonyl (C=O) groups is 2. The van der Waals surface area contributed by atoms with Crippen molar-refractivity contribution in [2.45, 2.75) is 23.8 Å². The summed E-state index contributed by atoms with van der Waals surface area (Å²) in [6.07, 6.45) is 4.70. The molecule has 208 valence electrons. The minimum Gasteiger partial charge on any atom is -0.327 e. The molecule has 3 heterocycles. The van der Waals surface area contributed by atoms with Crippen molar-refractivity contribution < 1.29 is 26.4 Å². The van der Waals surface area contributed by atoms with E-state index < -0.39 is 32.0 Å². The van der Waals surface area contributed by atoms with Crippen LogP contribution in [-0.4, -0.2) is 61.3 Å². The highest BCUT2D eigenvalue weighted by molar-refractivity contribution is 7.89. The van der Waals surface area contributed by atoms with Gasteiger partial charge in [-0.25, -0.2) is 27.0 Å². The normalized spacial score (nSPS) is 15.8. The van der Waals surface area contributed by atoms with Crippen molar-refractivity contribution in [1.29, 1.82) is 0 Å². The van der Waals surface area contributed by atoms with Crippen molar-refractivity contribution in [2.24, 2.45) is 5.14 Å². The summed E-state index contributed by atoms with van der Waals surface area (Å²) in [5.41, 5.74) is 3.02. The van der Waals surface area contributed by atoms with Gasteiger partial charge in [0, 0.05) is 29.9 Å². The minimum atomic E-state index is -3.84. The van der Waals surface area contributed by atoms with Gasteiger partial charge in [-0.2, -0.15) is 0 Å². The van der Waals surface area contributed by atoms with Gasteiger partial charge in [0.2, 0.25) is 26.0 Å². The Morgan fingerprint density at radius 2 is 1.73 bits per heavy atom. The molecule has 0 aliphatic carbocycles. The maximum absolute atomic E-state index is 13.1. The summed E-state index contributed by atoms with van der Waals surface area (Å²) in [5.74, 6) is -0.786. The van der Waals surface area contributed by atoms with Gasteiger partial charge in [-0.1, -0.05) is 30.3 Å². The second kappa shape index (κ2) is 10.6. The van der Waals surface area contributed by atoms with Crippen LogP contribution in [0.5, 0.6) is 0 Å². The second-order valence-corrected chi connectivity index (χ2v) is 13.6. The number of amides is 2. The monoisotopic (exact) mass is 599 g/mol. The van der Waals surface area contributed by atoms with Crippen molar-refractivity contribution in [3.8, 4) is 22.4 Å². The van der Waals surface area contributed by atoms with Crippen LogP contribution in [0.2, 0.25) is 0 Å². The fourth-order valence-electron chi connectivity index (χ4n) is 4.52. The van der Waals surface area contributed by atoms with E-state index in [0.717, 1.165) is 21.4 Å². The first-order chi connectivity index (χ1) is 18.9. The van der Waals surface area contributed by atoms with Crippen molar-refractivity contribution in [2.75, 3.05) is 18.1 Å². The molecule has 1 fully saturated rings. The van der Waals surface area contributed by atoms with E-state index in [4.69, 9.17) is 5.14 Å². The molecular formula is C26H25N5O6S3. The van der Waals surface area contributed by atoms with Crippen LogP contribution in [0.25, 0.3) is 22.4 Å². The number of nitrogens with one attached hydrogen (secondary N) is 1. The predicted molar refractivity (Wildman–Crippen MR) is 152 cm³/mol. The molecule has 2 amide bonds. The van der Waals surface area contributed by atoms with Crippen LogP contribution < -0.4 is 10.5 Å². The molecule has 1 saturated heterocycles. The van der Waals surface area contributed by atoms with Crippen LogP contribution in [0.1, 0.15) is 23.2 Å². The van der Waals surface area contributed by atoms with Crippen LogP contribution in [-0.2, 0) is 24.8 Å². The Morgan fingerprint density at radius 3 is 2.42 bits per heavy atom. The lowest BCUT2D eigenvalue weighted by atomic mass is 10.0. The number of hydrogen-bond donors (Lipinski definition) is 2. The highest BCUT2D eigenvalue weighted by Gasteiger charge is 2.35. The third-order valence-electron chi connectivity index (χ3n) is 6.50. The third-order valence-corrected chi connectivity index (χ3v) is 9.16. The van der Waals surface area contributed by atoms with E-state index >= 15 is 0 Å². The fourth-order valence-corrected chi connectivity index (χ4v) is 6.39. The number of anilines is 1. The number of thiazole rings is 1. The highest BCUT2D eigenvalue weighted by atomic mass is 32.2. The predicted octanol–water partition coefficient (Wildman–Crippen LogP) is 2.98. The van der Waals surface area contributed by atoms with Gasteiger partial charge < -0.3 is 10.2 Å². The van der Waals surface area contributed by atoms with Crippen LogP contribution >= 0.6 is 11.3 Å². The van der Waals surface area contributed by atoms with Crippen LogP contribution in [0.15, 0.2) is 77.3 Å². The van der Waals surface area contributed by atoms with E-state index in [1.165, 1.54) is 46.8 Å². The number of benzene rings is 2. The SMILES string of the molecule is CS(=O)(=O)n1ccc(C(=O)N2CCC[C@H]2C(=O)Nc2nc(-c3cccc(-c4cccc(S(N)(=O)=O)c4)c3)cs2)c1. The van der Waals surface area contributed by atoms with Crippen molar-refractivity contribution in [3.05, 3.63) is 77.9 Å². The number of likely N-dealkylation sites (tertiary alicyclic amines) is 1. The summed E-state index contributed by atoms with van der Waals surface area (Å²) >= 11 is 1.24. The summed E-state index contributed by atoms with van der Waals surface area (Å²) in [5, 5.41) is 10.2. The summed E-state index contributed by atoms with van der Waals surface area (Å²) in [6, 6.07) is 14.4. The largest absolute Gasteiger partial charge is 0.327 e. The van der Waals surface area contributed by atoms with Gasteiger partial charge in [0.15, 0.2) is 5.13 Å². The van der Waals surface area contributed by atoms with Gasteiger partial charge >= 0.3 is 0 Å². The standard InChI is InChI=1S/C26H25N5O6S3/c1-39(34,35)30-12-10-20(15-30)25(33)31-11-4-9-23(31)24(32)29-26-28-22(16-38-26)19-7-2-5-17(13-19)18-6-3-8-21(14-18)40(27,36)37/h2-3,5-8,10,12-16,23H,4,9,11H2,1H3,(H2,27,36,37)(H,28,29,32)/t23-/m0/s1. The fraction of sp³-hybridized carbons (Fsp3) is 0.192. The minimum absolute atomic E-state index is 0.0152. The van der Waals surface area contributed by atoms with Gasteiger partial charge in [-0.15, -0.1) is 11.3 Å². The van der Waals surface area contributed by atoms with Crippen LogP contribution in [0.4, 0.5) is 5.13 Å². The van der Waals surface area contributed by atoms with Gasteiger partial charge in [-0.3, -0.25) is 13.6 Å². The molecule has 3 N–H and O–H groups in total. The Hall–Kier alpha value is -3.85. The summed E-state index contributed by atoms with van der Waals surface area (Å²) in [4.78, 5) is 32.2. The Balaban J connectivity index is 1.31. The topological polar surface area (TPSA) is 162 Å². The Labute approximate surface area is 235 Å². The summed E-state index contributed by atoms with van der Waals surface area (Å²) in [7, 11) is -7.37. The molecule has 4 aromatic rings. The maximum atomic E-state index is 13.1. The molecule has 1 aliphatic heterocycles. The first-order valence-electron chi connectivity index (χ1n) is 12.1. The van der Waals surface area contributed by atoms with Crippen LogP contribution in [0.3, 0.4) is 0 Å². The zero-order chi connectivity index (χ0) is 28.7. The number of carbonyl (C=O) groups excluding carboxylic acids is 2. The third kappa shape index (κ3) is 5.84. The molecule has 0 unspecified atom stereocenters. The van der Waals surface area contributed by atoms with Crippen molar-refractivity contribution in [1.82, 2.24) is 13.9 Å². The number of aromatic nitrogens is 2. The zero-order valence-corrected chi connectivity index (χ0v) is 23.7. The lowest BCUT2D eigenvalue weighted by molar-refractivity contribution is -0.119. The molecule has 0 spiro atoms. The first-order valence-corrected chi connectivity index (χ1v) is 16.4. The van der Waals surface area contributed by atoms with Crippen molar-refractivity contribution >= 4 is 48.3 Å². The molecule has 14 heteroatoms. The van der Waals surface area contributed by atoms with Gasteiger partial charge in [0.1, 0.15) is 6.04 Å². The van der Waals surface area contributed by atoms with E-state index in [1.54, 1.807) is 17.5 Å². The number of sulfonamides is 1. The molecule has 0 saturated carbocycles. The van der Waals surface area contributed by atoms with Crippen LogP contribution in [0, 0.1) is 0 Å². The number of nitrogens with zero attached hydrogens (tertiary/aromatic N) is 3. The molecule has 40 heavy (non-hydrogen) atoms. The van der Waals surface area contributed by atoms with E-state index in [1.807, 2.05) is 24.3 Å². The Morgan fingerprint density at radius 1 is 1.02 bits per heavy atom. The second-order valence-electron chi connectivity index (χ2n) is 9.33. The van der Waals surface area contributed by atoms with E-state index in [0.29, 0.717) is 35.8 Å². The van der Waals surface area contributed by atoms with Gasteiger partial charge in [0.05, 0.1) is 22.4 Å². The zero-order valence-electron chi connectivity index (χ0n) is 21.2. The molecular weight excluding hydrogens is 575 g/mol. The molecule has 0 bridgehead atoms. The molecule has 2 aromatic heterocycles.